The zero-order valence-corrected chi connectivity index (χ0v) is 16.9. The number of aliphatic carboxylic acids is 2. The van der Waals surface area contributed by atoms with Gasteiger partial charge in [-0.25, -0.2) is 0 Å². The number of rotatable bonds is 21. The molecule has 0 aliphatic rings. The van der Waals surface area contributed by atoms with Crippen LogP contribution in [-0.2, 0) is 9.59 Å². The average molecular weight is 387 g/mol. The van der Waals surface area contributed by atoms with Crippen molar-refractivity contribution in [2.24, 2.45) is 0 Å². The highest BCUT2D eigenvalue weighted by atomic mass is 16.4. The summed E-state index contributed by atoms with van der Waals surface area (Å²) in [5.74, 6) is -1.34. The van der Waals surface area contributed by atoms with Gasteiger partial charge in [0.25, 0.3) is 0 Å². The summed E-state index contributed by atoms with van der Waals surface area (Å²) in [6.07, 6.45) is 22.8. The van der Waals surface area contributed by atoms with E-state index in [1.54, 1.807) is 0 Å². The molecule has 0 amide bonds. The minimum Gasteiger partial charge on any atom is -0.481 e. The minimum atomic E-state index is -0.669. The van der Waals surface area contributed by atoms with Crippen molar-refractivity contribution in [2.75, 3.05) is 0 Å². The molecule has 4 heteroatoms. The molecule has 162 valence electrons. The van der Waals surface area contributed by atoms with Crippen LogP contribution in [0.15, 0.2) is 0 Å². The topological polar surface area (TPSA) is 74.6 Å². The SMILES string of the molecule is C.O=C(O)CCCCCCCCCCCCCCCCCCCCC(=O)O. The monoisotopic (exact) mass is 386 g/mol. The summed E-state index contributed by atoms with van der Waals surface area (Å²) in [5.41, 5.74) is 0. The fraction of sp³-hybridized carbons (Fsp3) is 0.913. The van der Waals surface area contributed by atoms with Gasteiger partial charge in [0.1, 0.15) is 0 Å². The van der Waals surface area contributed by atoms with Gasteiger partial charge in [0.15, 0.2) is 0 Å². The molecule has 0 aromatic rings. The summed E-state index contributed by atoms with van der Waals surface area (Å²) in [6, 6.07) is 0. The van der Waals surface area contributed by atoms with E-state index in [0.29, 0.717) is 12.8 Å². The fourth-order valence-electron chi connectivity index (χ4n) is 3.38. The molecule has 0 unspecified atom stereocenters. The first-order valence-corrected chi connectivity index (χ1v) is 11.1. The highest BCUT2D eigenvalue weighted by Gasteiger charge is 1.98. The molecule has 4 nitrogen and oxygen atoms in total. The van der Waals surface area contributed by atoms with Crippen LogP contribution in [0.3, 0.4) is 0 Å². The lowest BCUT2D eigenvalue weighted by Crippen LogP contribution is -1.93. The normalized spacial score (nSPS) is 10.5. The van der Waals surface area contributed by atoms with E-state index in [1.807, 2.05) is 0 Å². The van der Waals surface area contributed by atoms with Gasteiger partial charge in [-0.15, -0.1) is 0 Å². The molecule has 0 bridgehead atoms. The van der Waals surface area contributed by atoms with E-state index in [1.165, 1.54) is 89.9 Å². The molecule has 0 saturated carbocycles. The largest absolute Gasteiger partial charge is 0.481 e. The second-order valence-electron chi connectivity index (χ2n) is 7.65. The Morgan fingerprint density at radius 2 is 0.519 bits per heavy atom. The maximum absolute atomic E-state index is 10.4. The Morgan fingerprint density at radius 1 is 0.370 bits per heavy atom. The van der Waals surface area contributed by atoms with E-state index >= 15 is 0 Å². The van der Waals surface area contributed by atoms with Gasteiger partial charge in [-0.1, -0.05) is 110 Å². The molecule has 0 aliphatic heterocycles. The predicted octanol–water partition coefficient (Wildman–Crippen LogP) is 7.59. The van der Waals surface area contributed by atoms with Gasteiger partial charge >= 0.3 is 11.9 Å². The summed E-state index contributed by atoms with van der Waals surface area (Å²) >= 11 is 0. The van der Waals surface area contributed by atoms with Crippen LogP contribution in [0.2, 0.25) is 0 Å². The van der Waals surface area contributed by atoms with Gasteiger partial charge in [-0.2, -0.15) is 0 Å². The molecule has 0 radical (unpaired) electrons. The van der Waals surface area contributed by atoms with Gasteiger partial charge in [0, 0.05) is 12.8 Å². The number of carboxylic acids is 2. The molecule has 2 N–H and O–H groups in total. The third-order valence-corrected chi connectivity index (χ3v) is 5.03. The quantitative estimate of drug-likeness (QED) is 0.199. The van der Waals surface area contributed by atoms with Gasteiger partial charge in [0.2, 0.25) is 0 Å². The Morgan fingerprint density at radius 3 is 0.667 bits per heavy atom. The molecule has 0 atom stereocenters. The molecular weight excluding hydrogens is 340 g/mol. The van der Waals surface area contributed by atoms with Crippen molar-refractivity contribution >= 4 is 11.9 Å². The molecule has 0 saturated heterocycles. The van der Waals surface area contributed by atoms with Gasteiger partial charge in [-0.05, 0) is 12.8 Å². The van der Waals surface area contributed by atoms with E-state index < -0.39 is 11.9 Å². The lowest BCUT2D eigenvalue weighted by atomic mass is 10.0. The third kappa shape index (κ3) is 27.3. The Bertz CT molecular complexity index is 296. The van der Waals surface area contributed by atoms with Crippen LogP contribution < -0.4 is 0 Å². The van der Waals surface area contributed by atoms with Crippen LogP contribution in [0.5, 0.6) is 0 Å². The van der Waals surface area contributed by atoms with Crippen molar-refractivity contribution < 1.29 is 19.8 Å². The van der Waals surface area contributed by atoms with E-state index in [-0.39, 0.29) is 7.43 Å². The van der Waals surface area contributed by atoms with Crippen molar-refractivity contribution in [2.45, 2.75) is 136 Å². The smallest absolute Gasteiger partial charge is 0.303 e. The van der Waals surface area contributed by atoms with Crippen LogP contribution in [0.25, 0.3) is 0 Å². The zero-order chi connectivity index (χ0) is 19.3. The van der Waals surface area contributed by atoms with Crippen molar-refractivity contribution in [3.8, 4) is 0 Å². The second kappa shape index (κ2) is 23.0. The van der Waals surface area contributed by atoms with Gasteiger partial charge in [0.05, 0.1) is 0 Å². The molecule has 0 spiro atoms. The highest BCUT2D eigenvalue weighted by Crippen LogP contribution is 2.14. The highest BCUT2D eigenvalue weighted by molar-refractivity contribution is 5.66. The first kappa shape index (κ1) is 28.2. The Labute approximate surface area is 168 Å². The Balaban J connectivity index is 0. The maximum Gasteiger partial charge on any atom is 0.303 e. The van der Waals surface area contributed by atoms with E-state index in [0.717, 1.165) is 25.7 Å². The molecule has 27 heavy (non-hydrogen) atoms. The van der Waals surface area contributed by atoms with Crippen molar-refractivity contribution in [1.82, 2.24) is 0 Å². The summed E-state index contributed by atoms with van der Waals surface area (Å²) in [5, 5.41) is 17.1. The van der Waals surface area contributed by atoms with Crippen LogP contribution in [0.4, 0.5) is 0 Å². The number of hydrogen-bond acceptors (Lipinski definition) is 2. The van der Waals surface area contributed by atoms with Crippen molar-refractivity contribution in [3.05, 3.63) is 0 Å². The van der Waals surface area contributed by atoms with Crippen LogP contribution in [-0.4, -0.2) is 22.2 Å². The first-order chi connectivity index (χ1) is 12.6. The van der Waals surface area contributed by atoms with Gasteiger partial charge in [-0.3, -0.25) is 9.59 Å². The standard InChI is InChI=1S/C22H42O4.CH4/c23-21(24)19-17-15-13-11-9-7-5-3-1-2-4-6-8-10-12-14-16-18-20-22(25)26;/h1-20H2,(H,23,24)(H,25,26);1H4. The number of carbonyl (C=O) groups is 2. The fourth-order valence-corrected chi connectivity index (χ4v) is 3.38. The van der Waals surface area contributed by atoms with E-state index in [9.17, 15) is 9.59 Å². The Hall–Kier alpha value is -1.06. The predicted molar refractivity (Wildman–Crippen MR) is 114 cm³/mol. The molecule has 0 heterocycles. The molecular formula is C23H46O4. The minimum absolute atomic E-state index is 0. The molecule has 0 fully saturated rings. The molecule has 0 rings (SSSR count). The average Bonchev–Trinajstić information content (AvgIpc) is 2.59. The lowest BCUT2D eigenvalue weighted by molar-refractivity contribution is -0.138. The maximum atomic E-state index is 10.4. The molecule has 0 aromatic carbocycles. The van der Waals surface area contributed by atoms with Crippen molar-refractivity contribution in [3.63, 3.8) is 0 Å². The first-order valence-electron chi connectivity index (χ1n) is 11.1. The third-order valence-electron chi connectivity index (χ3n) is 5.03. The summed E-state index contributed by atoms with van der Waals surface area (Å²) in [7, 11) is 0. The molecule has 0 aliphatic carbocycles. The zero-order valence-electron chi connectivity index (χ0n) is 16.9. The Kier molecular flexibility index (Phi) is 24.0. The van der Waals surface area contributed by atoms with Crippen LogP contribution >= 0.6 is 0 Å². The van der Waals surface area contributed by atoms with Gasteiger partial charge < -0.3 is 10.2 Å². The number of unbranched alkanes of at least 4 members (excludes halogenated alkanes) is 17. The van der Waals surface area contributed by atoms with Crippen molar-refractivity contribution in [1.29, 1.82) is 0 Å². The summed E-state index contributed by atoms with van der Waals surface area (Å²) in [6.45, 7) is 0. The summed E-state index contributed by atoms with van der Waals surface area (Å²) < 4.78 is 0. The second-order valence-corrected chi connectivity index (χ2v) is 7.65. The van der Waals surface area contributed by atoms with E-state index in [4.69, 9.17) is 10.2 Å². The number of hydrogen-bond donors (Lipinski definition) is 2. The van der Waals surface area contributed by atoms with E-state index in [2.05, 4.69) is 0 Å². The van der Waals surface area contributed by atoms with Crippen LogP contribution in [0.1, 0.15) is 136 Å². The lowest BCUT2D eigenvalue weighted by Gasteiger charge is -2.03. The molecule has 0 aromatic heterocycles. The number of carboxylic acid groups (broad SMARTS) is 2. The summed E-state index contributed by atoms with van der Waals surface area (Å²) in [4.78, 5) is 20.8. The van der Waals surface area contributed by atoms with Crippen LogP contribution in [0, 0.1) is 0 Å².